The standard InChI is InChI=1S/C15H15N/c1-16(12-14-8-4-2-5-9-14)13-15-10-6-3-7-11-15/h2,4-6,8-11H,12-13H2,1H3. The molecule has 0 aliphatic heterocycles. The predicted octanol–water partition coefficient (Wildman–Crippen LogP) is 2.92. The summed E-state index contributed by atoms with van der Waals surface area (Å²) in [5, 5.41) is 0. The van der Waals surface area contributed by atoms with E-state index in [0.717, 1.165) is 13.1 Å². The molecule has 0 radical (unpaired) electrons. The molecule has 0 bridgehead atoms. The second-order valence-electron chi connectivity index (χ2n) is 4.00. The number of hydrogen-bond acceptors (Lipinski definition) is 1. The normalized spacial score (nSPS) is 13.2. The van der Waals surface area contributed by atoms with Crippen molar-refractivity contribution in [3.8, 4) is 0 Å². The number of rotatable bonds is 4. The summed E-state index contributed by atoms with van der Waals surface area (Å²) < 4.78 is 0. The van der Waals surface area contributed by atoms with Crippen molar-refractivity contribution < 1.29 is 0 Å². The van der Waals surface area contributed by atoms with E-state index in [-0.39, 0.29) is 0 Å². The van der Waals surface area contributed by atoms with E-state index in [4.69, 9.17) is 0 Å². The van der Waals surface area contributed by atoms with E-state index in [2.05, 4.69) is 53.8 Å². The maximum atomic E-state index is 2.98. The van der Waals surface area contributed by atoms with Crippen molar-refractivity contribution in [3.63, 3.8) is 0 Å². The van der Waals surface area contributed by atoms with Crippen LogP contribution in [0.4, 0.5) is 0 Å². The maximum absolute atomic E-state index is 2.98. The number of nitrogens with zero attached hydrogens (tertiary/aromatic N) is 1. The van der Waals surface area contributed by atoms with Gasteiger partial charge in [-0.1, -0.05) is 41.8 Å². The monoisotopic (exact) mass is 209 g/mol. The van der Waals surface area contributed by atoms with Crippen LogP contribution in [0.1, 0.15) is 5.56 Å². The first-order valence-corrected chi connectivity index (χ1v) is 5.44. The molecule has 1 heteroatoms. The third-order valence-corrected chi connectivity index (χ3v) is 2.47. The summed E-state index contributed by atoms with van der Waals surface area (Å²) in [6.07, 6.45) is 5.98. The highest BCUT2D eigenvalue weighted by Gasteiger charge is 2.02. The molecule has 0 fully saturated rings. The average molecular weight is 209 g/mol. The number of likely N-dealkylation sites (N-methyl/N-ethyl adjacent to an activating group) is 1. The zero-order valence-electron chi connectivity index (χ0n) is 9.48. The summed E-state index contributed by atoms with van der Waals surface area (Å²) in [6, 6.07) is 10.5. The second kappa shape index (κ2) is 5.34. The van der Waals surface area contributed by atoms with Crippen LogP contribution in [-0.4, -0.2) is 18.5 Å². The van der Waals surface area contributed by atoms with Crippen LogP contribution in [-0.2, 0) is 6.54 Å². The summed E-state index contributed by atoms with van der Waals surface area (Å²) in [5.74, 6) is 0. The molecular weight excluding hydrogens is 194 g/mol. The van der Waals surface area contributed by atoms with E-state index in [1.165, 1.54) is 11.1 Å². The van der Waals surface area contributed by atoms with Crippen molar-refractivity contribution in [2.45, 2.75) is 6.54 Å². The minimum atomic E-state index is 0.945. The summed E-state index contributed by atoms with van der Waals surface area (Å²) in [7, 11) is 2.13. The number of benzene rings is 1. The first kappa shape index (κ1) is 10.7. The van der Waals surface area contributed by atoms with Gasteiger partial charge in [0.25, 0.3) is 0 Å². The van der Waals surface area contributed by atoms with Crippen LogP contribution < -0.4 is 0 Å². The topological polar surface area (TPSA) is 3.24 Å². The molecule has 0 amide bonds. The molecule has 1 nitrogen and oxygen atoms in total. The molecule has 0 atom stereocenters. The van der Waals surface area contributed by atoms with Gasteiger partial charge in [-0.05, 0) is 36.4 Å². The Hall–Kier alpha value is -1.78. The molecular formula is C15H15N. The van der Waals surface area contributed by atoms with E-state index in [1.807, 2.05) is 18.2 Å². The Morgan fingerprint density at radius 2 is 1.88 bits per heavy atom. The van der Waals surface area contributed by atoms with Crippen molar-refractivity contribution >= 4 is 0 Å². The lowest BCUT2D eigenvalue weighted by atomic mass is 10.1. The molecule has 0 spiro atoms. The number of hydrogen-bond donors (Lipinski definition) is 0. The maximum Gasteiger partial charge on any atom is 0.0240 e. The molecule has 1 aliphatic carbocycles. The smallest absolute Gasteiger partial charge is 0.0240 e. The highest BCUT2D eigenvalue weighted by atomic mass is 15.1. The number of allylic oxidation sites excluding steroid dienone is 2. The molecule has 0 aromatic heterocycles. The van der Waals surface area contributed by atoms with Crippen molar-refractivity contribution in [3.05, 3.63) is 71.2 Å². The average Bonchev–Trinajstić information content (AvgIpc) is 2.31. The Balaban J connectivity index is 1.90. The summed E-state index contributed by atoms with van der Waals surface area (Å²) >= 11 is 0. The lowest BCUT2D eigenvalue weighted by molar-refractivity contribution is 0.358. The predicted molar refractivity (Wildman–Crippen MR) is 67.0 cm³/mol. The van der Waals surface area contributed by atoms with Crippen LogP contribution in [0.5, 0.6) is 0 Å². The highest BCUT2D eigenvalue weighted by molar-refractivity contribution is 5.28. The zero-order chi connectivity index (χ0) is 11.2. The van der Waals surface area contributed by atoms with Crippen LogP contribution in [0.25, 0.3) is 0 Å². The molecule has 1 aromatic carbocycles. The molecule has 2 rings (SSSR count). The van der Waals surface area contributed by atoms with Gasteiger partial charge in [-0.15, -0.1) is 0 Å². The van der Waals surface area contributed by atoms with Gasteiger partial charge in [0, 0.05) is 13.1 Å². The summed E-state index contributed by atoms with van der Waals surface area (Å²) in [5.41, 5.74) is 8.51. The van der Waals surface area contributed by atoms with Gasteiger partial charge in [0.05, 0.1) is 0 Å². The molecule has 16 heavy (non-hydrogen) atoms. The fourth-order valence-electron chi connectivity index (χ4n) is 1.74. The molecule has 0 N–H and O–H groups in total. The lowest BCUT2D eigenvalue weighted by Gasteiger charge is -2.17. The van der Waals surface area contributed by atoms with Crippen LogP contribution in [0.3, 0.4) is 0 Å². The van der Waals surface area contributed by atoms with E-state index in [1.54, 1.807) is 0 Å². The largest absolute Gasteiger partial charge is 0.298 e. The van der Waals surface area contributed by atoms with Gasteiger partial charge in [0.15, 0.2) is 0 Å². The van der Waals surface area contributed by atoms with Crippen molar-refractivity contribution in [2.75, 3.05) is 13.6 Å². The van der Waals surface area contributed by atoms with Gasteiger partial charge in [0.2, 0.25) is 0 Å². The Labute approximate surface area is 96.7 Å². The van der Waals surface area contributed by atoms with Gasteiger partial charge in [-0.2, -0.15) is 0 Å². The Morgan fingerprint density at radius 1 is 1.06 bits per heavy atom. The molecule has 1 aliphatic rings. The van der Waals surface area contributed by atoms with Gasteiger partial charge in [0.1, 0.15) is 0 Å². The van der Waals surface area contributed by atoms with Crippen molar-refractivity contribution in [2.24, 2.45) is 0 Å². The van der Waals surface area contributed by atoms with Crippen molar-refractivity contribution in [1.29, 1.82) is 0 Å². The first-order valence-electron chi connectivity index (χ1n) is 5.44. The molecule has 0 heterocycles. The van der Waals surface area contributed by atoms with Gasteiger partial charge in [-0.25, -0.2) is 0 Å². The zero-order valence-corrected chi connectivity index (χ0v) is 9.48. The quantitative estimate of drug-likeness (QED) is 0.689. The Morgan fingerprint density at radius 3 is 2.56 bits per heavy atom. The Kier molecular flexibility index (Phi) is 3.58. The second-order valence-corrected chi connectivity index (χ2v) is 4.00. The molecule has 0 saturated heterocycles. The summed E-state index contributed by atoms with van der Waals surface area (Å²) in [6.45, 7) is 1.92. The van der Waals surface area contributed by atoms with Gasteiger partial charge in [-0.3, -0.25) is 4.90 Å². The third kappa shape index (κ3) is 3.12. The van der Waals surface area contributed by atoms with Crippen LogP contribution in [0.15, 0.2) is 65.6 Å². The van der Waals surface area contributed by atoms with Crippen LogP contribution >= 0.6 is 0 Å². The van der Waals surface area contributed by atoms with Crippen molar-refractivity contribution in [1.82, 2.24) is 4.90 Å². The Bertz CT molecular complexity index is 469. The van der Waals surface area contributed by atoms with Gasteiger partial charge < -0.3 is 0 Å². The minimum absolute atomic E-state index is 0.945. The fraction of sp³-hybridized carbons (Fsp3) is 0.200. The fourth-order valence-corrected chi connectivity index (χ4v) is 1.74. The van der Waals surface area contributed by atoms with Crippen LogP contribution in [0, 0.1) is 0 Å². The minimum Gasteiger partial charge on any atom is -0.298 e. The molecule has 0 saturated carbocycles. The van der Waals surface area contributed by atoms with Crippen LogP contribution in [0.2, 0.25) is 0 Å². The first-order chi connectivity index (χ1) is 7.84. The third-order valence-electron chi connectivity index (χ3n) is 2.47. The highest BCUT2D eigenvalue weighted by Crippen LogP contribution is 2.07. The van der Waals surface area contributed by atoms with E-state index >= 15 is 0 Å². The molecule has 80 valence electrons. The van der Waals surface area contributed by atoms with E-state index in [0.29, 0.717) is 0 Å². The molecule has 1 aromatic rings. The SMILES string of the molecule is CN(CC1=CC=C=C=C1)Cc1ccccc1. The van der Waals surface area contributed by atoms with E-state index in [9.17, 15) is 0 Å². The van der Waals surface area contributed by atoms with E-state index < -0.39 is 0 Å². The lowest BCUT2D eigenvalue weighted by Crippen LogP contribution is -2.20. The molecule has 0 unspecified atom stereocenters. The summed E-state index contributed by atoms with van der Waals surface area (Å²) in [4.78, 5) is 2.29. The van der Waals surface area contributed by atoms with Gasteiger partial charge >= 0.3 is 0 Å².